The number of alkyl halides is 3. The second-order valence-corrected chi connectivity index (χ2v) is 5.82. The first-order chi connectivity index (χ1) is 9.41. The van der Waals surface area contributed by atoms with Crippen LogP contribution in [-0.2, 0) is 11.0 Å². The molecule has 0 unspecified atom stereocenters. The van der Waals surface area contributed by atoms with E-state index in [0.29, 0.717) is 17.9 Å². The summed E-state index contributed by atoms with van der Waals surface area (Å²) in [6.07, 6.45) is -3.68. The van der Waals surface area contributed by atoms with Crippen molar-refractivity contribution >= 4 is 17.7 Å². The molecule has 7 heteroatoms. The Hall–Kier alpha value is -1.21. The normalized spacial score (nSPS) is 24.1. The van der Waals surface area contributed by atoms with Crippen molar-refractivity contribution in [1.82, 2.24) is 5.32 Å². The van der Waals surface area contributed by atoms with Gasteiger partial charge in [0.15, 0.2) is 0 Å². The number of nitrogens with one attached hydrogen (secondary N) is 1. The number of hydrogen-bond donors (Lipinski definition) is 2. The minimum absolute atomic E-state index is 0.106. The van der Waals surface area contributed by atoms with Crippen molar-refractivity contribution in [2.24, 2.45) is 5.73 Å². The van der Waals surface area contributed by atoms with Gasteiger partial charge in [-0.25, -0.2) is 0 Å². The van der Waals surface area contributed by atoms with Crippen molar-refractivity contribution in [3.8, 4) is 0 Å². The van der Waals surface area contributed by atoms with Crippen LogP contribution in [0.1, 0.15) is 22.8 Å². The maximum atomic E-state index is 12.7. The Balaban J connectivity index is 2.24. The van der Waals surface area contributed by atoms with E-state index < -0.39 is 17.0 Å². The molecule has 1 aromatic rings. The van der Waals surface area contributed by atoms with Crippen molar-refractivity contribution in [1.29, 1.82) is 0 Å². The van der Waals surface area contributed by atoms with Crippen molar-refractivity contribution in [2.45, 2.75) is 23.9 Å². The molecular weight excluding hydrogens is 289 g/mol. The second-order valence-electron chi connectivity index (χ2n) is 4.60. The number of amides is 1. The number of hydrogen-bond acceptors (Lipinski definition) is 3. The molecule has 0 aliphatic carbocycles. The molecule has 110 valence electrons. The molecule has 1 fully saturated rings. The fraction of sp³-hybridized carbons (Fsp3) is 0.462. The monoisotopic (exact) mass is 304 g/mol. The quantitative estimate of drug-likeness (QED) is 0.881. The number of carbonyl (C=O) groups excluding carboxylic acids is 1. The van der Waals surface area contributed by atoms with Gasteiger partial charge in [-0.2, -0.15) is 13.2 Å². The lowest BCUT2D eigenvalue weighted by atomic mass is 10.1. The van der Waals surface area contributed by atoms with Crippen LogP contribution in [0.15, 0.2) is 24.3 Å². The van der Waals surface area contributed by atoms with Crippen LogP contribution in [0.5, 0.6) is 0 Å². The first-order valence-corrected chi connectivity index (χ1v) is 7.26. The minimum Gasteiger partial charge on any atom is -0.351 e. The van der Waals surface area contributed by atoms with E-state index in [-0.39, 0.29) is 11.9 Å². The molecule has 0 bridgehead atoms. The van der Waals surface area contributed by atoms with Crippen molar-refractivity contribution < 1.29 is 18.0 Å². The number of nitrogens with two attached hydrogens (primary N) is 1. The number of halogens is 3. The van der Waals surface area contributed by atoms with E-state index in [1.165, 1.54) is 17.8 Å². The molecule has 2 atom stereocenters. The SMILES string of the molecule is NC[C@@H]1CCS[C@H](c2cccc(C(F)(F)F)c2)C(=O)N1. The highest BCUT2D eigenvalue weighted by atomic mass is 32.2. The summed E-state index contributed by atoms with van der Waals surface area (Å²) < 4.78 is 38.1. The molecule has 20 heavy (non-hydrogen) atoms. The molecular formula is C13H15F3N2OS. The van der Waals surface area contributed by atoms with Crippen molar-refractivity contribution in [2.75, 3.05) is 12.3 Å². The average Bonchev–Trinajstić information content (AvgIpc) is 2.59. The fourth-order valence-corrected chi connectivity index (χ4v) is 3.27. The van der Waals surface area contributed by atoms with Gasteiger partial charge < -0.3 is 11.1 Å². The van der Waals surface area contributed by atoms with Gasteiger partial charge in [0, 0.05) is 12.6 Å². The standard InChI is InChI=1S/C13H15F3N2OS/c14-13(15,16)9-3-1-2-8(6-9)11-12(19)18-10(7-17)4-5-20-11/h1-3,6,10-11H,4-5,7,17H2,(H,18,19)/t10-,11+/m0/s1. The molecule has 0 radical (unpaired) electrons. The van der Waals surface area contributed by atoms with Crippen LogP contribution in [0.3, 0.4) is 0 Å². The summed E-state index contributed by atoms with van der Waals surface area (Å²) in [7, 11) is 0. The number of benzene rings is 1. The Bertz CT molecular complexity index is 493. The Morgan fingerprint density at radius 3 is 2.80 bits per heavy atom. The molecule has 1 aliphatic heterocycles. The number of thioether (sulfide) groups is 1. The molecule has 1 heterocycles. The Morgan fingerprint density at radius 1 is 1.40 bits per heavy atom. The van der Waals surface area contributed by atoms with Crippen molar-refractivity contribution in [3.05, 3.63) is 35.4 Å². The molecule has 2 rings (SSSR count). The molecule has 3 nitrogen and oxygen atoms in total. The van der Waals surface area contributed by atoms with E-state index in [0.717, 1.165) is 18.6 Å². The Morgan fingerprint density at radius 2 is 2.15 bits per heavy atom. The molecule has 0 aromatic heterocycles. The van der Waals surface area contributed by atoms with Gasteiger partial charge >= 0.3 is 6.18 Å². The van der Waals surface area contributed by atoms with E-state index >= 15 is 0 Å². The van der Waals surface area contributed by atoms with Crippen LogP contribution in [0.4, 0.5) is 13.2 Å². The summed E-state index contributed by atoms with van der Waals surface area (Å²) in [5, 5.41) is 2.15. The minimum atomic E-state index is -4.40. The maximum Gasteiger partial charge on any atom is 0.416 e. The van der Waals surface area contributed by atoms with Gasteiger partial charge in [-0.15, -0.1) is 11.8 Å². The molecule has 0 saturated carbocycles. The van der Waals surface area contributed by atoms with Gasteiger partial charge in [0.1, 0.15) is 5.25 Å². The first kappa shape index (κ1) is 15.2. The lowest BCUT2D eigenvalue weighted by Crippen LogP contribution is -2.40. The van der Waals surface area contributed by atoms with Gasteiger partial charge in [-0.3, -0.25) is 4.79 Å². The average molecular weight is 304 g/mol. The van der Waals surface area contributed by atoms with Gasteiger partial charge in [-0.05, 0) is 23.8 Å². The van der Waals surface area contributed by atoms with Crippen LogP contribution in [0.2, 0.25) is 0 Å². The maximum absolute atomic E-state index is 12.7. The summed E-state index contributed by atoms with van der Waals surface area (Å²) >= 11 is 1.35. The summed E-state index contributed by atoms with van der Waals surface area (Å²) in [5.74, 6) is 0.406. The topological polar surface area (TPSA) is 55.1 Å². The summed E-state index contributed by atoms with van der Waals surface area (Å²) in [6, 6.07) is 4.82. The smallest absolute Gasteiger partial charge is 0.351 e. The van der Waals surface area contributed by atoms with Gasteiger partial charge in [0.25, 0.3) is 0 Å². The molecule has 1 aromatic carbocycles. The van der Waals surface area contributed by atoms with E-state index in [1.807, 2.05) is 0 Å². The highest BCUT2D eigenvalue weighted by Gasteiger charge is 2.33. The molecule has 1 amide bonds. The summed E-state index contributed by atoms with van der Waals surface area (Å²) in [6.45, 7) is 0.335. The number of carbonyl (C=O) groups is 1. The van der Waals surface area contributed by atoms with Gasteiger partial charge in [0.05, 0.1) is 5.56 Å². The zero-order valence-electron chi connectivity index (χ0n) is 10.6. The van der Waals surface area contributed by atoms with Gasteiger partial charge in [-0.1, -0.05) is 18.2 Å². The first-order valence-electron chi connectivity index (χ1n) is 6.21. The number of rotatable bonds is 2. The fourth-order valence-electron chi connectivity index (χ4n) is 2.06. The molecule has 1 saturated heterocycles. The zero-order chi connectivity index (χ0) is 14.8. The Labute approximate surface area is 119 Å². The highest BCUT2D eigenvalue weighted by molar-refractivity contribution is 8.00. The molecule has 0 spiro atoms. The lowest BCUT2D eigenvalue weighted by Gasteiger charge is -2.17. The van der Waals surface area contributed by atoms with Crippen LogP contribution >= 0.6 is 11.8 Å². The lowest BCUT2D eigenvalue weighted by molar-refractivity contribution is -0.137. The molecule has 3 N–H and O–H groups in total. The van der Waals surface area contributed by atoms with Crippen molar-refractivity contribution in [3.63, 3.8) is 0 Å². The Kier molecular flexibility index (Phi) is 4.59. The van der Waals surface area contributed by atoms with Gasteiger partial charge in [0.2, 0.25) is 5.91 Å². The second kappa shape index (κ2) is 6.05. The third-order valence-corrected chi connectivity index (χ3v) is 4.43. The predicted molar refractivity (Wildman–Crippen MR) is 72.2 cm³/mol. The summed E-state index contributed by atoms with van der Waals surface area (Å²) in [5.41, 5.74) is 5.17. The zero-order valence-corrected chi connectivity index (χ0v) is 11.4. The third kappa shape index (κ3) is 3.46. The largest absolute Gasteiger partial charge is 0.416 e. The van der Waals surface area contributed by atoms with Crippen LogP contribution < -0.4 is 11.1 Å². The predicted octanol–water partition coefficient (Wildman–Crippen LogP) is 2.33. The van der Waals surface area contributed by atoms with E-state index in [1.54, 1.807) is 6.07 Å². The van der Waals surface area contributed by atoms with Crippen LogP contribution in [0, 0.1) is 0 Å². The highest BCUT2D eigenvalue weighted by Crippen LogP contribution is 2.36. The van der Waals surface area contributed by atoms with E-state index in [9.17, 15) is 18.0 Å². The third-order valence-electron chi connectivity index (χ3n) is 3.14. The van der Waals surface area contributed by atoms with Crippen LogP contribution in [-0.4, -0.2) is 24.2 Å². The van der Waals surface area contributed by atoms with Crippen LogP contribution in [0.25, 0.3) is 0 Å². The molecule has 1 aliphatic rings. The van der Waals surface area contributed by atoms with E-state index in [4.69, 9.17) is 5.73 Å². The van der Waals surface area contributed by atoms with E-state index in [2.05, 4.69) is 5.32 Å². The summed E-state index contributed by atoms with van der Waals surface area (Å²) in [4.78, 5) is 12.1.